The van der Waals surface area contributed by atoms with Crippen LogP contribution in [0.5, 0.6) is 0 Å². The van der Waals surface area contributed by atoms with E-state index in [1.807, 2.05) is 6.92 Å². The van der Waals surface area contributed by atoms with Crippen LogP contribution in [0.15, 0.2) is 30.3 Å². The van der Waals surface area contributed by atoms with Gasteiger partial charge in [0, 0.05) is 75.5 Å². The molecule has 2 N–H and O–H groups in total. The molecule has 1 aromatic rings. The third-order valence-electron chi connectivity index (χ3n) is 13.3. The number of ether oxygens (including phenoxy) is 6. The van der Waals surface area contributed by atoms with Crippen molar-refractivity contribution in [1.82, 2.24) is 4.90 Å². The standard InChI is InChI=1S/C35H43NO12/c1-6-36-14-32-15-44-25-24-27(36)34(26(25)32,22(43-5)12-21(32)45-16(2)37)20-13-33(42)29(47-31(41)19-10-8-7-9-11-19)23(20)35(24,48-18(4)39)28(40)30(33)46-17(3)38/h7-11,20-30,40,42H,6,12-15H2,1-5H3/t20-,21-,22+,23-,24-,25+,26-,27?,28+,29-,30+,32+,33-,34+,35-/m1/s1. The normalized spacial score (nSPS) is 48.9. The van der Waals surface area contributed by atoms with Crippen molar-refractivity contribution in [3.63, 3.8) is 0 Å². The molecule has 15 atom stereocenters. The number of aliphatic hydroxyl groups excluding tert-OH is 1. The van der Waals surface area contributed by atoms with E-state index in [0.29, 0.717) is 19.5 Å². The van der Waals surface area contributed by atoms with Crippen molar-refractivity contribution in [2.45, 2.75) is 94.4 Å². The quantitative estimate of drug-likeness (QED) is 0.311. The van der Waals surface area contributed by atoms with Crippen molar-refractivity contribution in [1.29, 1.82) is 0 Å². The lowest BCUT2D eigenvalue weighted by Gasteiger charge is -2.70. The summed E-state index contributed by atoms with van der Waals surface area (Å²) in [5.74, 6) is -5.04. The maximum atomic E-state index is 13.8. The molecule has 5 aliphatic carbocycles. The zero-order valence-corrected chi connectivity index (χ0v) is 27.7. The van der Waals surface area contributed by atoms with Crippen LogP contribution >= 0.6 is 0 Å². The van der Waals surface area contributed by atoms with Crippen LogP contribution in [0.1, 0.15) is 50.9 Å². The Hall–Kier alpha value is -3.10. The fraction of sp³-hybridized carbons (Fsp3) is 0.714. The number of methoxy groups -OCH3 is 1. The molecule has 13 nitrogen and oxygen atoms in total. The molecule has 2 aliphatic heterocycles. The predicted octanol–water partition coefficient (Wildman–Crippen LogP) is 0.873. The molecule has 5 saturated carbocycles. The van der Waals surface area contributed by atoms with E-state index >= 15 is 0 Å². The highest BCUT2D eigenvalue weighted by molar-refractivity contribution is 5.89. The first kappa shape index (κ1) is 32.1. The molecule has 2 heterocycles. The average molecular weight is 670 g/mol. The summed E-state index contributed by atoms with van der Waals surface area (Å²) in [7, 11) is 1.62. The van der Waals surface area contributed by atoms with Gasteiger partial charge in [-0.15, -0.1) is 0 Å². The number of hydrogen-bond acceptors (Lipinski definition) is 13. The van der Waals surface area contributed by atoms with Gasteiger partial charge in [-0.25, -0.2) is 4.79 Å². The molecular formula is C35H43NO12. The monoisotopic (exact) mass is 669 g/mol. The second-order valence-corrected chi connectivity index (χ2v) is 15.0. The van der Waals surface area contributed by atoms with Crippen molar-refractivity contribution in [2.75, 3.05) is 26.8 Å². The van der Waals surface area contributed by atoms with E-state index in [-0.39, 0.29) is 30.6 Å². The van der Waals surface area contributed by atoms with Gasteiger partial charge in [-0.1, -0.05) is 25.1 Å². The van der Waals surface area contributed by atoms with Crippen LogP contribution in [0.4, 0.5) is 0 Å². The second kappa shape index (κ2) is 10.5. The van der Waals surface area contributed by atoms with Crippen molar-refractivity contribution in [3.8, 4) is 0 Å². The SMILES string of the molecule is CCN1C[C@@]23CO[C@@H]4[C@H]2[C@@]2(C1[C@@H]4[C@]1(OC(C)=O)[C@H]4[C@@H](OC(=O)c5ccccc5)[C@](O)(C[C@H]42)[C@@H](OC(C)=O)[C@@H]1O)[C@@H](OC)C[C@H]3OC(C)=O. The molecule has 7 fully saturated rings. The van der Waals surface area contributed by atoms with Crippen LogP contribution in [0.25, 0.3) is 0 Å². The zero-order valence-electron chi connectivity index (χ0n) is 27.7. The van der Waals surface area contributed by atoms with Crippen LogP contribution in [0.2, 0.25) is 0 Å². The number of piperidine rings is 1. The summed E-state index contributed by atoms with van der Waals surface area (Å²) < 4.78 is 37.7. The highest BCUT2D eigenvalue weighted by Gasteiger charge is 2.94. The van der Waals surface area contributed by atoms with E-state index in [2.05, 4.69) is 4.90 Å². The van der Waals surface area contributed by atoms with E-state index in [1.54, 1.807) is 37.4 Å². The lowest BCUT2D eigenvalue weighted by molar-refractivity contribution is -0.325. The first-order chi connectivity index (χ1) is 22.8. The lowest BCUT2D eigenvalue weighted by Crippen LogP contribution is -2.82. The Morgan fingerprint density at radius 3 is 2.29 bits per heavy atom. The summed E-state index contributed by atoms with van der Waals surface area (Å²) in [6.07, 6.45) is -5.93. The van der Waals surface area contributed by atoms with Gasteiger partial charge < -0.3 is 38.6 Å². The minimum absolute atomic E-state index is 0.0411. The van der Waals surface area contributed by atoms with Crippen molar-refractivity contribution < 1.29 is 57.8 Å². The van der Waals surface area contributed by atoms with Crippen molar-refractivity contribution in [3.05, 3.63) is 35.9 Å². The Morgan fingerprint density at radius 1 is 0.958 bits per heavy atom. The smallest absolute Gasteiger partial charge is 0.338 e. The van der Waals surface area contributed by atoms with Crippen molar-refractivity contribution in [2.24, 2.45) is 34.5 Å². The third kappa shape index (κ3) is 3.64. The number of fused-ring (bicyclic) bond motifs is 3. The van der Waals surface area contributed by atoms with E-state index in [9.17, 15) is 29.4 Å². The molecule has 7 aliphatic rings. The first-order valence-corrected chi connectivity index (χ1v) is 16.9. The van der Waals surface area contributed by atoms with Gasteiger partial charge in [-0.05, 0) is 31.0 Å². The van der Waals surface area contributed by atoms with Gasteiger partial charge >= 0.3 is 23.9 Å². The van der Waals surface area contributed by atoms with Crippen LogP contribution < -0.4 is 0 Å². The number of likely N-dealkylation sites (tertiary alicyclic amines) is 1. The minimum Gasteiger partial charge on any atom is -0.462 e. The Kier molecular flexibility index (Phi) is 7.00. The number of rotatable bonds is 7. The summed E-state index contributed by atoms with van der Waals surface area (Å²) in [5, 5.41) is 25.4. The number of esters is 4. The Balaban J connectivity index is 1.39. The van der Waals surface area contributed by atoms with Gasteiger partial charge in [-0.3, -0.25) is 19.3 Å². The molecule has 1 spiro atoms. The molecule has 8 rings (SSSR count). The van der Waals surface area contributed by atoms with E-state index in [1.165, 1.54) is 20.8 Å². The summed E-state index contributed by atoms with van der Waals surface area (Å²) in [6.45, 7) is 7.25. The maximum Gasteiger partial charge on any atom is 0.338 e. The number of benzene rings is 1. The summed E-state index contributed by atoms with van der Waals surface area (Å²) in [4.78, 5) is 54.6. The first-order valence-electron chi connectivity index (χ1n) is 16.9. The minimum atomic E-state index is -2.04. The molecule has 0 radical (unpaired) electrons. The Labute approximate surface area is 278 Å². The van der Waals surface area contributed by atoms with E-state index in [0.717, 1.165) is 0 Å². The van der Waals surface area contributed by atoms with Gasteiger partial charge in [0.05, 0.1) is 24.4 Å². The molecule has 2 saturated heterocycles. The van der Waals surface area contributed by atoms with Gasteiger partial charge in [0.15, 0.2) is 11.7 Å². The highest BCUT2D eigenvalue weighted by Crippen LogP contribution is 2.82. The summed E-state index contributed by atoms with van der Waals surface area (Å²) in [5.41, 5.74) is -5.03. The fourth-order valence-electron chi connectivity index (χ4n) is 12.6. The van der Waals surface area contributed by atoms with Crippen molar-refractivity contribution >= 4 is 23.9 Å². The molecule has 13 heteroatoms. The van der Waals surface area contributed by atoms with Crippen LogP contribution in [0.3, 0.4) is 0 Å². The van der Waals surface area contributed by atoms with Gasteiger partial charge in [0.2, 0.25) is 0 Å². The van der Waals surface area contributed by atoms with Gasteiger partial charge in [-0.2, -0.15) is 0 Å². The van der Waals surface area contributed by atoms with Crippen LogP contribution in [-0.2, 0) is 42.8 Å². The molecule has 1 aromatic carbocycles. The third-order valence-corrected chi connectivity index (χ3v) is 13.3. The van der Waals surface area contributed by atoms with Crippen LogP contribution in [0, 0.1) is 34.5 Å². The lowest BCUT2D eigenvalue weighted by atomic mass is 9.42. The number of nitrogens with zero attached hydrogens (tertiary/aromatic N) is 1. The number of aliphatic hydroxyl groups is 2. The predicted molar refractivity (Wildman–Crippen MR) is 162 cm³/mol. The molecule has 0 aromatic heterocycles. The topological polar surface area (TPSA) is 167 Å². The maximum absolute atomic E-state index is 13.8. The molecule has 48 heavy (non-hydrogen) atoms. The molecule has 0 amide bonds. The van der Waals surface area contributed by atoms with E-state index in [4.69, 9.17) is 28.4 Å². The van der Waals surface area contributed by atoms with E-state index < -0.39 is 100 Å². The highest BCUT2D eigenvalue weighted by atomic mass is 16.6. The molecule has 260 valence electrons. The Bertz CT molecular complexity index is 1550. The molecule has 7 bridgehead atoms. The fourth-order valence-corrected chi connectivity index (χ4v) is 12.6. The molecular weight excluding hydrogens is 626 g/mol. The number of hydrogen-bond donors (Lipinski definition) is 2. The number of carbonyl (C=O) groups is 4. The Morgan fingerprint density at radius 2 is 1.67 bits per heavy atom. The summed E-state index contributed by atoms with van der Waals surface area (Å²) >= 11 is 0. The van der Waals surface area contributed by atoms with Gasteiger partial charge in [0.25, 0.3) is 0 Å². The number of carbonyl (C=O) groups excluding carboxylic acids is 4. The van der Waals surface area contributed by atoms with Gasteiger partial charge in [0.1, 0.15) is 23.9 Å². The zero-order chi connectivity index (χ0) is 34.1. The second-order valence-electron chi connectivity index (χ2n) is 15.0. The summed E-state index contributed by atoms with van der Waals surface area (Å²) in [6, 6.07) is 7.97. The molecule has 1 unspecified atom stereocenters. The van der Waals surface area contributed by atoms with Crippen LogP contribution in [-0.4, -0.2) is 120 Å². The average Bonchev–Trinajstić information content (AvgIpc) is 3.62. The largest absolute Gasteiger partial charge is 0.462 e.